The molecular weight excluding hydrogens is 666 g/mol. The van der Waals surface area contributed by atoms with Gasteiger partial charge in [-0.2, -0.15) is 5.10 Å². The van der Waals surface area contributed by atoms with Crippen molar-refractivity contribution < 1.29 is 29.0 Å². The van der Waals surface area contributed by atoms with Crippen molar-refractivity contribution in [2.24, 2.45) is 5.92 Å². The number of halogens is 2. The van der Waals surface area contributed by atoms with E-state index in [2.05, 4.69) is 47.6 Å². The van der Waals surface area contributed by atoms with Crippen LogP contribution in [0, 0.1) is 5.92 Å². The molecule has 0 aromatic carbocycles. The maximum Gasteiger partial charge on any atom is 0.408 e. The summed E-state index contributed by atoms with van der Waals surface area (Å²) in [5.41, 5.74) is -2.68. The van der Waals surface area contributed by atoms with E-state index in [0.29, 0.717) is 17.3 Å². The van der Waals surface area contributed by atoms with Gasteiger partial charge in [0, 0.05) is 18.9 Å². The second-order valence-electron chi connectivity index (χ2n) is 11.8. The predicted octanol–water partition coefficient (Wildman–Crippen LogP) is 3.28. The van der Waals surface area contributed by atoms with E-state index < -0.39 is 58.7 Å². The molecule has 1 saturated carbocycles. The van der Waals surface area contributed by atoms with Crippen LogP contribution in [-0.2, 0) is 19.1 Å². The zero-order valence-corrected chi connectivity index (χ0v) is 26.4. The van der Waals surface area contributed by atoms with Crippen molar-refractivity contribution in [1.29, 1.82) is 0 Å². The molecule has 41 heavy (non-hydrogen) atoms. The third-order valence-electron chi connectivity index (χ3n) is 7.58. The number of carboxylic acids is 1. The van der Waals surface area contributed by atoms with Crippen LogP contribution >= 0.6 is 31.9 Å². The van der Waals surface area contributed by atoms with Gasteiger partial charge in [-0.3, -0.25) is 14.4 Å². The number of hydrogen-bond donors (Lipinski definition) is 3. The van der Waals surface area contributed by atoms with Crippen molar-refractivity contribution in [3.05, 3.63) is 37.6 Å². The van der Waals surface area contributed by atoms with Gasteiger partial charge in [0.1, 0.15) is 27.7 Å². The Morgan fingerprint density at radius 3 is 2.61 bits per heavy atom. The summed E-state index contributed by atoms with van der Waals surface area (Å²) < 4.78 is 7.31. The number of hydrogen-bond acceptors (Lipinski definition) is 7. The minimum Gasteiger partial charge on any atom is -0.479 e. The molecule has 3 heterocycles. The molecule has 3 N–H and O–H groups in total. The van der Waals surface area contributed by atoms with E-state index >= 15 is 0 Å². The summed E-state index contributed by atoms with van der Waals surface area (Å²) in [4.78, 5) is 67.0. The van der Waals surface area contributed by atoms with E-state index in [1.54, 1.807) is 20.8 Å². The van der Waals surface area contributed by atoms with Crippen LogP contribution in [0.1, 0.15) is 71.8 Å². The first-order valence-corrected chi connectivity index (χ1v) is 15.3. The van der Waals surface area contributed by atoms with E-state index in [1.807, 2.05) is 12.2 Å². The fraction of sp³-hybridized carbons (Fsp3) is 0.630. The SMILES string of the molecule is CC(C)(C)OC(=O)N[C@H]1CCCCC/C=C\C2C[C@@]2(C(=O)O)NC(=O)[C@@H]2C[C@@H](n3ncc(Br)c(Br)c3=O)CN2C1=O. The van der Waals surface area contributed by atoms with Crippen LogP contribution in [0.25, 0.3) is 0 Å². The fourth-order valence-corrected chi connectivity index (χ4v) is 5.93. The molecule has 1 aliphatic carbocycles. The van der Waals surface area contributed by atoms with Gasteiger partial charge in [-0.15, -0.1) is 0 Å². The molecule has 1 aromatic rings. The Morgan fingerprint density at radius 1 is 1.20 bits per heavy atom. The van der Waals surface area contributed by atoms with Crippen molar-refractivity contribution >= 4 is 55.7 Å². The number of aromatic nitrogens is 2. The van der Waals surface area contributed by atoms with Crippen molar-refractivity contribution in [3.8, 4) is 0 Å². The number of ether oxygens (including phenoxy) is 1. The van der Waals surface area contributed by atoms with Crippen LogP contribution in [0.4, 0.5) is 4.79 Å². The van der Waals surface area contributed by atoms with Gasteiger partial charge < -0.3 is 25.4 Å². The van der Waals surface area contributed by atoms with Gasteiger partial charge >= 0.3 is 12.1 Å². The molecule has 0 spiro atoms. The molecule has 1 saturated heterocycles. The molecule has 12 nitrogen and oxygen atoms in total. The van der Waals surface area contributed by atoms with Crippen LogP contribution in [0.5, 0.6) is 0 Å². The highest BCUT2D eigenvalue weighted by atomic mass is 79.9. The molecule has 14 heteroatoms. The van der Waals surface area contributed by atoms with E-state index in [9.17, 15) is 29.1 Å². The van der Waals surface area contributed by atoms with Crippen LogP contribution in [0.3, 0.4) is 0 Å². The van der Waals surface area contributed by atoms with Crippen molar-refractivity contribution in [2.45, 2.75) is 95.0 Å². The lowest BCUT2D eigenvalue weighted by atomic mass is 10.0. The van der Waals surface area contributed by atoms with Gasteiger partial charge in [0.2, 0.25) is 11.8 Å². The van der Waals surface area contributed by atoms with E-state index in [-0.39, 0.29) is 29.8 Å². The molecule has 1 unspecified atom stereocenters. The van der Waals surface area contributed by atoms with E-state index in [0.717, 1.165) is 19.3 Å². The monoisotopic (exact) mass is 699 g/mol. The normalized spacial score (nSPS) is 29.7. The zero-order valence-electron chi connectivity index (χ0n) is 23.2. The molecule has 3 amide bonds. The van der Waals surface area contributed by atoms with Crippen molar-refractivity contribution in [2.75, 3.05) is 6.54 Å². The maximum atomic E-state index is 14.0. The average Bonchev–Trinajstić information content (AvgIpc) is 3.40. The van der Waals surface area contributed by atoms with Crippen molar-refractivity contribution in [3.63, 3.8) is 0 Å². The van der Waals surface area contributed by atoms with Crippen molar-refractivity contribution in [1.82, 2.24) is 25.3 Å². The summed E-state index contributed by atoms with van der Waals surface area (Å²) in [7, 11) is 0. The summed E-state index contributed by atoms with van der Waals surface area (Å²) in [5.74, 6) is -2.64. The van der Waals surface area contributed by atoms with Crippen LogP contribution < -0.4 is 16.2 Å². The number of amides is 3. The molecular formula is C27H35Br2N5O7. The second-order valence-corrected chi connectivity index (χ2v) is 13.4. The number of carbonyl (C=O) groups excluding carboxylic acids is 3. The molecule has 5 atom stereocenters. The Balaban J connectivity index is 1.69. The maximum absolute atomic E-state index is 14.0. The lowest BCUT2D eigenvalue weighted by Gasteiger charge is -2.30. The first-order valence-electron chi connectivity index (χ1n) is 13.7. The molecule has 2 fully saturated rings. The molecule has 0 bridgehead atoms. The van der Waals surface area contributed by atoms with Gasteiger partial charge in [0.05, 0.1) is 16.7 Å². The highest BCUT2D eigenvalue weighted by molar-refractivity contribution is 9.13. The predicted molar refractivity (Wildman–Crippen MR) is 155 cm³/mol. The Labute approximate surface area is 254 Å². The number of allylic oxidation sites excluding steroid dienone is 1. The highest BCUT2D eigenvalue weighted by Gasteiger charge is 2.61. The Hall–Kier alpha value is -2.74. The quantitative estimate of drug-likeness (QED) is 0.405. The molecule has 224 valence electrons. The Kier molecular flexibility index (Phi) is 9.32. The summed E-state index contributed by atoms with van der Waals surface area (Å²) in [6.45, 7) is 5.12. The van der Waals surface area contributed by atoms with E-state index in [1.165, 1.54) is 15.8 Å². The Bertz CT molecular complexity index is 1310. The fourth-order valence-electron chi connectivity index (χ4n) is 5.39. The topological polar surface area (TPSA) is 160 Å². The number of carbonyl (C=O) groups is 4. The third kappa shape index (κ3) is 7.02. The minimum atomic E-state index is -1.45. The largest absolute Gasteiger partial charge is 0.479 e. The number of nitrogens with one attached hydrogen (secondary N) is 2. The standard InChI is InChI=1S/C27H35Br2N5O7/c1-26(2,3)41-25(40)31-18-10-8-6-4-5-7-9-15-12-27(15,24(38)39)32-21(35)19-11-16(14-33(19)22(18)36)34-23(37)20(29)17(28)13-30-34/h7,9,13,15-16,18-19H,4-6,8,10-12,14H2,1-3H3,(H,31,40)(H,32,35)(H,38,39)/b9-7-/t15?,16-,18+,19+,27-/m1/s1. The summed E-state index contributed by atoms with van der Waals surface area (Å²) in [5, 5.41) is 19.6. The lowest BCUT2D eigenvalue weighted by molar-refractivity contribution is -0.145. The van der Waals surface area contributed by atoms with Gasteiger partial charge in [0.25, 0.3) is 5.56 Å². The van der Waals surface area contributed by atoms with Crippen LogP contribution in [0.2, 0.25) is 0 Å². The van der Waals surface area contributed by atoms with Gasteiger partial charge in [0.15, 0.2) is 0 Å². The number of fused-ring (bicyclic) bond motifs is 2. The molecule has 0 radical (unpaired) electrons. The molecule has 1 aromatic heterocycles. The summed E-state index contributed by atoms with van der Waals surface area (Å²) >= 11 is 6.50. The minimum absolute atomic E-state index is 0.0339. The summed E-state index contributed by atoms with van der Waals surface area (Å²) in [6, 6.07) is -2.73. The van der Waals surface area contributed by atoms with Gasteiger partial charge in [-0.1, -0.05) is 25.0 Å². The summed E-state index contributed by atoms with van der Waals surface area (Å²) in [6.07, 6.45) is 8.04. The first-order chi connectivity index (χ1) is 19.2. The Morgan fingerprint density at radius 2 is 1.93 bits per heavy atom. The molecule has 2 aliphatic heterocycles. The van der Waals surface area contributed by atoms with Gasteiger partial charge in [-0.25, -0.2) is 14.3 Å². The average molecular weight is 701 g/mol. The number of aliphatic carboxylic acids is 1. The van der Waals surface area contributed by atoms with Gasteiger partial charge in [-0.05, 0) is 78.3 Å². The second kappa shape index (κ2) is 12.2. The molecule has 3 aliphatic rings. The highest BCUT2D eigenvalue weighted by Crippen LogP contribution is 2.45. The number of rotatable bonds is 3. The lowest BCUT2D eigenvalue weighted by Crippen LogP contribution is -2.56. The number of alkyl carbamates (subject to hydrolysis) is 1. The third-order valence-corrected chi connectivity index (χ3v) is 9.47. The molecule has 4 rings (SSSR count). The number of nitrogens with zero attached hydrogens (tertiary/aromatic N) is 3. The number of carboxylic acid groups (broad SMARTS) is 1. The first kappa shape index (κ1) is 31.2. The van der Waals surface area contributed by atoms with Crippen LogP contribution in [-0.4, -0.2) is 73.4 Å². The van der Waals surface area contributed by atoms with Crippen LogP contribution in [0.15, 0.2) is 32.1 Å². The van der Waals surface area contributed by atoms with E-state index in [4.69, 9.17) is 4.74 Å². The smallest absolute Gasteiger partial charge is 0.408 e. The zero-order chi connectivity index (χ0) is 30.1.